The van der Waals surface area contributed by atoms with Gasteiger partial charge in [-0.15, -0.1) is 0 Å². The standard InChI is InChI=1S/C12H19N5O2/c1-12(19-2)4-3-5-17(8-12)11(18)9-6-14-7-10(15-9)16-13/h6-7H,3-5,8,13H2,1-2H3,(H,15,16). The molecule has 19 heavy (non-hydrogen) atoms. The number of amides is 1. The maximum Gasteiger partial charge on any atom is 0.274 e. The normalized spacial score (nSPS) is 23.2. The van der Waals surface area contributed by atoms with Gasteiger partial charge in [-0.25, -0.2) is 10.8 Å². The predicted octanol–water partition coefficient (Wildman–Crippen LogP) is 0.403. The van der Waals surface area contributed by atoms with E-state index in [1.807, 2.05) is 6.92 Å². The van der Waals surface area contributed by atoms with Crippen molar-refractivity contribution in [2.45, 2.75) is 25.4 Å². The summed E-state index contributed by atoms with van der Waals surface area (Å²) >= 11 is 0. The van der Waals surface area contributed by atoms with Crippen molar-refractivity contribution < 1.29 is 9.53 Å². The summed E-state index contributed by atoms with van der Waals surface area (Å²) in [6.07, 6.45) is 4.77. The first-order valence-corrected chi connectivity index (χ1v) is 6.21. The molecule has 0 aromatic carbocycles. The Hall–Kier alpha value is -1.73. The van der Waals surface area contributed by atoms with E-state index in [1.165, 1.54) is 12.4 Å². The number of nitrogens with zero attached hydrogens (tertiary/aromatic N) is 3. The molecule has 1 aliphatic rings. The van der Waals surface area contributed by atoms with Gasteiger partial charge in [0.2, 0.25) is 0 Å². The van der Waals surface area contributed by atoms with E-state index >= 15 is 0 Å². The molecule has 1 aromatic rings. The van der Waals surface area contributed by atoms with Crippen LogP contribution in [0.3, 0.4) is 0 Å². The molecule has 3 N–H and O–H groups in total. The number of hydrogen-bond acceptors (Lipinski definition) is 6. The molecule has 0 spiro atoms. The molecule has 1 aromatic heterocycles. The summed E-state index contributed by atoms with van der Waals surface area (Å²) in [5, 5.41) is 0. The number of aromatic nitrogens is 2. The second kappa shape index (κ2) is 5.50. The number of hydrogen-bond donors (Lipinski definition) is 2. The lowest BCUT2D eigenvalue weighted by Crippen LogP contribution is -2.49. The summed E-state index contributed by atoms with van der Waals surface area (Å²) < 4.78 is 5.48. The number of nitrogen functional groups attached to an aromatic ring is 1. The van der Waals surface area contributed by atoms with Crippen molar-refractivity contribution in [2.24, 2.45) is 5.84 Å². The minimum Gasteiger partial charge on any atom is -0.377 e. The van der Waals surface area contributed by atoms with Gasteiger partial charge < -0.3 is 15.1 Å². The Balaban J connectivity index is 2.14. The van der Waals surface area contributed by atoms with Crippen LogP contribution in [0.25, 0.3) is 0 Å². The van der Waals surface area contributed by atoms with Crippen LogP contribution < -0.4 is 11.3 Å². The summed E-state index contributed by atoms with van der Waals surface area (Å²) in [7, 11) is 1.67. The molecule has 1 fully saturated rings. The number of nitrogens with two attached hydrogens (primary N) is 1. The molecular formula is C12H19N5O2. The van der Waals surface area contributed by atoms with Crippen LogP contribution in [0, 0.1) is 0 Å². The van der Waals surface area contributed by atoms with Crippen LogP contribution in [-0.2, 0) is 4.74 Å². The van der Waals surface area contributed by atoms with Gasteiger partial charge in [-0.3, -0.25) is 9.78 Å². The highest BCUT2D eigenvalue weighted by atomic mass is 16.5. The first-order chi connectivity index (χ1) is 9.08. The van der Waals surface area contributed by atoms with Gasteiger partial charge in [0.25, 0.3) is 5.91 Å². The van der Waals surface area contributed by atoms with Crippen molar-refractivity contribution in [1.82, 2.24) is 14.9 Å². The number of likely N-dealkylation sites (tertiary alicyclic amines) is 1. The van der Waals surface area contributed by atoms with Gasteiger partial charge in [-0.2, -0.15) is 0 Å². The molecule has 1 unspecified atom stereocenters. The fourth-order valence-electron chi connectivity index (χ4n) is 2.25. The summed E-state index contributed by atoms with van der Waals surface area (Å²) in [5.41, 5.74) is 2.38. The fraction of sp³-hybridized carbons (Fsp3) is 0.583. The first kappa shape index (κ1) is 13.7. The maximum absolute atomic E-state index is 12.4. The van der Waals surface area contributed by atoms with E-state index in [-0.39, 0.29) is 17.2 Å². The number of nitrogens with one attached hydrogen (secondary N) is 1. The molecule has 7 heteroatoms. The molecule has 2 rings (SSSR count). The lowest BCUT2D eigenvalue weighted by Gasteiger charge is -2.39. The molecular weight excluding hydrogens is 246 g/mol. The van der Waals surface area contributed by atoms with Crippen molar-refractivity contribution >= 4 is 11.7 Å². The molecule has 0 bridgehead atoms. The molecule has 1 aliphatic heterocycles. The summed E-state index contributed by atoms with van der Waals surface area (Å²) in [6, 6.07) is 0. The summed E-state index contributed by atoms with van der Waals surface area (Å²) in [6.45, 7) is 3.28. The van der Waals surface area contributed by atoms with Crippen LogP contribution in [0.1, 0.15) is 30.3 Å². The van der Waals surface area contributed by atoms with E-state index in [9.17, 15) is 4.79 Å². The Kier molecular flexibility index (Phi) is 3.96. The highest BCUT2D eigenvalue weighted by Gasteiger charge is 2.33. The van der Waals surface area contributed by atoms with Crippen LogP contribution in [0.15, 0.2) is 12.4 Å². The van der Waals surface area contributed by atoms with Gasteiger partial charge in [0.05, 0.1) is 18.0 Å². The van der Waals surface area contributed by atoms with Gasteiger partial charge in [0, 0.05) is 20.2 Å². The minimum atomic E-state index is -0.287. The van der Waals surface area contributed by atoms with Gasteiger partial charge in [0.15, 0.2) is 5.82 Å². The van der Waals surface area contributed by atoms with Crippen LogP contribution in [-0.4, -0.2) is 46.6 Å². The average molecular weight is 265 g/mol. The number of anilines is 1. The van der Waals surface area contributed by atoms with Gasteiger partial charge in [-0.05, 0) is 19.8 Å². The number of methoxy groups -OCH3 is 1. The lowest BCUT2D eigenvalue weighted by molar-refractivity contribution is -0.0441. The van der Waals surface area contributed by atoms with Crippen molar-refractivity contribution in [3.05, 3.63) is 18.1 Å². The van der Waals surface area contributed by atoms with E-state index in [1.54, 1.807) is 12.0 Å². The molecule has 2 heterocycles. The highest BCUT2D eigenvalue weighted by molar-refractivity contribution is 5.92. The zero-order valence-corrected chi connectivity index (χ0v) is 11.2. The topological polar surface area (TPSA) is 93.4 Å². The Morgan fingerprint density at radius 1 is 1.58 bits per heavy atom. The molecule has 0 saturated carbocycles. The molecule has 1 atom stereocenters. The number of hydrazine groups is 1. The first-order valence-electron chi connectivity index (χ1n) is 6.21. The van der Waals surface area contributed by atoms with Crippen LogP contribution in [0.2, 0.25) is 0 Å². The quantitative estimate of drug-likeness (QED) is 0.607. The lowest BCUT2D eigenvalue weighted by atomic mass is 9.94. The number of piperidine rings is 1. The van der Waals surface area contributed by atoms with E-state index in [2.05, 4.69) is 15.4 Å². The van der Waals surface area contributed by atoms with E-state index in [0.29, 0.717) is 18.9 Å². The van der Waals surface area contributed by atoms with E-state index in [4.69, 9.17) is 10.6 Å². The molecule has 1 saturated heterocycles. The zero-order valence-electron chi connectivity index (χ0n) is 11.2. The third-order valence-corrected chi connectivity index (χ3v) is 3.44. The minimum absolute atomic E-state index is 0.146. The molecule has 104 valence electrons. The van der Waals surface area contributed by atoms with Crippen molar-refractivity contribution in [2.75, 3.05) is 25.6 Å². The number of ether oxygens (including phenoxy) is 1. The largest absolute Gasteiger partial charge is 0.377 e. The third-order valence-electron chi connectivity index (χ3n) is 3.44. The highest BCUT2D eigenvalue weighted by Crippen LogP contribution is 2.24. The molecule has 7 nitrogen and oxygen atoms in total. The van der Waals surface area contributed by atoms with Crippen LogP contribution in [0.5, 0.6) is 0 Å². The van der Waals surface area contributed by atoms with Crippen molar-refractivity contribution in [3.8, 4) is 0 Å². The Bertz CT molecular complexity index is 467. The van der Waals surface area contributed by atoms with Crippen molar-refractivity contribution in [3.63, 3.8) is 0 Å². The third kappa shape index (κ3) is 2.99. The molecule has 1 amide bonds. The second-order valence-corrected chi connectivity index (χ2v) is 4.92. The fourth-order valence-corrected chi connectivity index (χ4v) is 2.25. The Labute approximate surface area is 112 Å². The molecule has 0 aliphatic carbocycles. The Morgan fingerprint density at radius 3 is 3.05 bits per heavy atom. The van der Waals surface area contributed by atoms with E-state index in [0.717, 1.165) is 12.8 Å². The van der Waals surface area contributed by atoms with Gasteiger partial charge >= 0.3 is 0 Å². The number of carbonyl (C=O) groups excluding carboxylic acids is 1. The summed E-state index contributed by atoms with van der Waals surface area (Å²) in [4.78, 5) is 22.2. The van der Waals surface area contributed by atoms with Crippen LogP contribution >= 0.6 is 0 Å². The zero-order chi connectivity index (χ0) is 13.9. The van der Waals surface area contributed by atoms with Crippen molar-refractivity contribution in [1.29, 1.82) is 0 Å². The van der Waals surface area contributed by atoms with Gasteiger partial charge in [0.1, 0.15) is 5.69 Å². The summed E-state index contributed by atoms with van der Waals surface area (Å²) in [5.74, 6) is 5.49. The SMILES string of the molecule is COC1(C)CCCN(C(=O)c2cncc(NN)n2)C1. The molecule has 0 radical (unpaired) electrons. The predicted molar refractivity (Wildman–Crippen MR) is 70.4 cm³/mol. The smallest absolute Gasteiger partial charge is 0.274 e. The Morgan fingerprint density at radius 2 is 2.37 bits per heavy atom. The van der Waals surface area contributed by atoms with Gasteiger partial charge in [-0.1, -0.05) is 0 Å². The average Bonchev–Trinajstić information content (AvgIpc) is 2.46. The monoisotopic (exact) mass is 265 g/mol. The van der Waals surface area contributed by atoms with E-state index < -0.39 is 0 Å². The number of rotatable bonds is 3. The number of carbonyl (C=O) groups is 1. The second-order valence-electron chi connectivity index (χ2n) is 4.92. The maximum atomic E-state index is 12.4. The van der Waals surface area contributed by atoms with Crippen LogP contribution in [0.4, 0.5) is 5.82 Å².